The average Bonchev–Trinajstić information content (AvgIpc) is 2.43. The number of hydrogen-bond acceptors (Lipinski definition) is 4. The second-order valence-corrected chi connectivity index (χ2v) is 5.67. The van der Waals surface area contributed by atoms with Crippen molar-refractivity contribution in [2.24, 2.45) is 5.92 Å². The smallest absolute Gasteiger partial charge is 0.159 e. The van der Waals surface area contributed by atoms with E-state index in [-0.39, 0.29) is 17.6 Å². The normalized spacial score (nSPS) is 23.8. The predicted molar refractivity (Wildman–Crippen MR) is 78.0 cm³/mol. The van der Waals surface area contributed by atoms with Gasteiger partial charge in [-0.05, 0) is 44.0 Å². The van der Waals surface area contributed by atoms with E-state index >= 15 is 0 Å². The highest BCUT2D eigenvalue weighted by molar-refractivity contribution is 5.94. The fourth-order valence-electron chi connectivity index (χ4n) is 2.72. The molecule has 1 heterocycles. The molecule has 0 aromatic heterocycles. The lowest BCUT2D eigenvalue weighted by molar-refractivity contribution is -0.00762. The maximum absolute atomic E-state index is 11.4. The van der Waals surface area contributed by atoms with E-state index in [0.29, 0.717) is 18.0 Å². The van der Waals surface area contributed by atoms with Gasteiger partial charge in [-0.15, -0.1) is 0 Å². The van der Waals surface area contributed by atoms with E-state index in [0.717, 1.165) is 25.1 Å². The number of rotatable bonds is 4. The van der Waals surface area contributed by atoms with Crippen LogP contribution in [0.4, 0.5) is 0 Å². The molecule has 0 bridgehead atoms. The van der Waals surface area contributed by atoms with Crippen molar-refractivity contribution in [2.45, 2.75) is 32.9 Å². The molecule has 1 aromatic rings. The second-order valence-electron chi connectivity index (χ2n) is 5.67. The van der Waals surface area contributed by atoms with Crippen molar-refractivity contribution in [1.82, 2.24) is 4.90 Å². The van der Waals surface area contributed by atoms with Gasteiger partial charge in [-0.25, -0.2) is 0 Å². The first-order chi connectivity index (χ1) is 9.51. The molecule has 2 atom stereocenters. The molecular formula is C16H23NO3. The minimum absolute atomic E-state index is 0.0216. The Bertz CT molecular complexity index is 487. The first-order valence-electron chi connectivity index (χ1n) is 7.09. The van der Waals surface area contributed by atoms with Crippen LogP contribution in [0.25, 0.3) is 0 Å². The standard InChI is InChI=1S/C16H23NO3/c1-11-6-7-17(10-16(11)20-3)9-14-8-13(12(2)18)4-5-15(14)19/h4-5,8,11,16,19H,6-7,9-10H2,1-3H3. The Morgan fingerprint density at radius 1 is 1.50 bits per heavy atom. The summed E-state index contributed by atoms with van der Waals surface area (Å²) in [5, 5.41) is 9.95. The van der Waals surface area contributed by atoms with Gasteiger partial charge in [0, 0.05) is 31.3 Å². The highest BCUT2D eigenvalue weighted by Gasteiger charge is 2.26. The number of carbonyl (C=O) groups is 1. The third kappa shape index (κ3) is 3.38. The summed E-state index contributed by atoms with van der Waals surface area (Å²) in [6.07, 6.45) is 1.33. The molecule has 0 aliphatic carbocycles. The lowest BCUT2D eigenvalue weighted by Crippen LogP contribution is -2.43. The van der Waals surface area contributed by atoms with Gasteiger partial charge in [0.05, 0.1) is 6.10 Å². The Morgan fingerprint density at radius 3 is 2.90 bits per heavy atom. The lowest BCUT2D eigenvalue weighted by Gasteiger charge is -2.36. The van der Waals surface area contributed by atoms with Crippen LogP contribution in [-0.2, 0) is 11.3 Å². The van der Waals surface area contributed by atoms with Crippen molar-refractivity contribution in [3.63, 3.8) is 0 Å². The fourth-order valence-corrected chi connectivity index (χ4v) is 2.72. The predicted octanol–water partition coefficient (Wildman–Crippen LogP) is 2.45. The Hall–Kier alpha value is -1.39. The Morgan fingerprint density at radius 2 is 2.25 bits per heavy atom. The number of benzene rings is 1. The van der Waals surface area contributed by atoms with Gasteiger partial charge >= 0.3 is 0 Å². The third-order valence-corrected chi connectivity index (χ3v) is 4.16. The summed E-state index contributed by atoms with van der Waals surface area (Å²) in [6, 6.07) is 5.06. The number of phenols is 1. The number of Topliss-reactive ketones (excluding diaryl/α,β-unsaturated/α-hetero) is 1. The van der Waals surface area contributed by atoms with Gasteiger partial charge in [0.15, 0.2) is 5.78 Å². The quantitative estimate of drug-likeness (QED) is 0.859. The first-order valence-corrected chi connectivity index (χ1v) is 7.09. The Kier molecular flexibility index (Phi) is 4.78. The highest BCUT2D eigenvalue weighted by atomic mass is 16.5. The molecule has 0 amide bonds. The zero-order valence-corrected chi connectivity index (χ0v) is 12.4. The monoisotopic (exact) mass is 277 g/mol. The number of piperidine rings is 1. The van der Waals surface area contributed by atoms with Gasteiger partial charge < -0.3 is 9.84 Å². The van der Waals surface area contributed by atoms with Crippen molar-refractivity contribution in [1.29, 1.82) is 0 Å². The maximum atomic E-state index is 11.4. The van der Waals surface area contributed by atoms with Gasteiger partial charge in [0.1, 0.15) is 5.75 Å². The molecule has 4 nitrogen and oxygen atoms in total. The zero-order chi connectivity index (χ0) is 14.7. The number of ketones is 1. The zero-order valence-electron chi connectivity index (χ0n) is 12.4. The second kappa shape index (κ2) is 6.37. The van der Waals surface area contributed by atoms with Crippen molar-refractivity contribution in [3.05, 3.63) is 29.3 Å². The molecular weight excluding hydrogens is 254 g/mol. The summed E-state index contributed by atoms with van der Waals surface area (Å²) in [6.45, 7) is 6.25. The molecule has 110 valence electrons. The summed E-state index contributed by atoms with van der Waals surface area (Å²) in [5.74, 6) is 0.837. The molecule has 2 rings (SSSR count). The SMILES string of the molecule is COC1CN(Cc2cc(C(C)=O)ccc2O)CCC1C. The van der Waals surface area contributed by atoms with E-state index in [4.69, 9.17) is 4.74 Å². The lowest BCUT2D eigenvalue weighted by atomic mass is 9.95. The van der Waals surface area contributed by atoms with Crippen LogP contribution in [0.15, 0.2) is 18.2 Å². The number of likely N-dealkylation sites (tertiary alicyclic amines) is 1. The van der Waals surface area contributed by atoms with Gasteiger partial charge in [-0.3, -0.25) is 9.69 Å². The topological polar surface area (TPSA) is 49.8 Å². The van der Waals surface area contributed by atoms with E-state index in [1.807, 2.05) is 0 Å². The Balaban J connectivity index is 2.10. The Labute approximate surface area is 120 Å². The van der Waals surface area contributed by atoms with E-state index in [1.54, 1.807) is 32.2 Å². The molecule has 0 radical (unpaired) electrons. The minimum atomic E-state index is 0.0216. The van der Waals surface area contributed by atoms with Gasteiger partial charge in [0.25, 0.3) is 0 Å². The number of nitrogens with zero attached hydrogens (tertiary/aromatic N) is 1. The molecule has 20 heavy (non-hydrogen) atoms. The number of ether oxygens (including phenoxy) is 1. The summed E-state index contributed by atoms with van der Waals surface area (Å²) < 4.78 is 5.51. The van der Waals surface area contributed by atoms with Gasteiger partial charge in [-0.1, -0.05) is 6.92 Å². The number of hydrogen-bond donors (Lipinski definition) is 1. The summed E-state index contributed by atoms with van der Waals surface area (Å²) >= 11 is 0. The molecule has 1 saturated heterocycles. The van der Waals surface area contributed by atoms with Crippen LogP contribution in [0.1, 0.15) is 36.2 Å². The minimum Gasteiger partial charge on any atom is -0.508 e. The van der Waals surface area contributed by atoms with E-state index in [2.05, 4.69) is 11.8 Å². The van der Waals surface area contributed by atoms with Crippen molar-refractivity contribution >= 4 is 5.78 Å². The van der Waals surface area contributed by atoms with Crippen LogP contribution in [-0.4, -0.2) is 42.1 Å². The molecule has 1 N–H and O–H groups in total. The molecule has 1 fully saturated rings. The molecule has 2 unspecified atom stereocenters. The van der Waals surface area contributed by atoms with Crippen LogP contribution in [0.5, 0.6) is 5.75 Å². The van der Waals surface area contributed by atoms with E-state index in [1.165, 1.54) is 0 Å². The van der Waals surface area contributed by atoms with Crippen LogP contribution in [0.2, 0.25) is 0 Å². The summed E-state index contributed by atoms with van der Waals surface area (Å²) in [7, 11) is 1.75. The van der Waals surface area contributed by atoms with Crippen molar-refractivity contribution < 1.29 is 14.6 Å². The average molecular weight is 277 g/mol. The van der Waals surface area contributed by atoms with Crippen molar-refractivity contribution in [3.8, 4) is 5.75 Å². The first kappa shape index (κ1) is 15.0. The summed E-state index contributed by atoms with van der Waals surface area (Å²) in [5.41, 5.74) is 1.45. The van der Waals surface area contributed by atoms with Crippen LogP contribution >= 0.6 is 0 Å². The summed E-state index contributed by atoms with van der Waals surface area (Å²) in [4.78, 5) is 13.7. The molecule has 0 spiro atoms. The fraction of sp³-hybridized carbons (Fsp3) is 0.562. The number of aromatic hydroxyl groups is 1. The largest absolute Gasteiger partial charge is 0.508 e. The van der Waals surface area contributed by atoms with Crippen LogP contribution in [0.3, 0.4) is 0 Å². The molecule has 1 aliphatic rings. The van der Waals surface area contributed by atoms with Crippen molar-refractivity contribution in [2.75, 3.05) is 20.2 Å². The number of phenolic OH excluding ortho intramolecular Hbond substituents is 1. The van der Waals surface area contributed by atoms with Gasteiger partial charge in [-0.2, -0.15) is 0 Å². The third-order valence-electron chi connectivity index (χ3n) is 4.16. The van der Waals surface area contributed by atoms with Crippen LogP contribution in [0, 0.1) is 5.92 Å². The van der Waals surface area contributed by atoms with E-state index < -0.39 is 0 Å². The highest BCUT2D eigenvalue weighted by Crippen LogP contribution is 2.25. The number of methoxy groups -OCH3 is 1. The number of carbonyl (C=O) groups excluding carboxylic acids is 1. The molecule has 1 aromatic carbocycles. The molecule has 1 aliphatic heterocycles. The van der Waals surface area contributed by atoms with Gasteiger partial charge in [0.2, 0.25) is 0 Å². The molecule has 4 heteroatoms. The van der Waals surface area contributed by atoms with Crippen LogP contribution < -0.4 is 0 Å². The maximum Gasteiger partial charge on any atom is 0.159 e. The van der Waals surface area contributed by atoms with E-state index in [9.17, 15) is 9.90 Å². The molecule has 0 saturated carbocycles.